The fraction of sp³-hybridized carbons (Fsp3) is 0.158. The van der Waals surface area contributed by atoms with Crippen LogP contribution in [0.2, 0.25) is 5.02 Å². The fourth-order valence-electron chi connectivity index (χ4n) is 2.57. The lowest BCUT2D eigenvalue weighted by Gasteiger charge is -2.16. The highest BCUT2D eigenvalue weighted by molar-refractivity contribution is 7.21. The van der Waals surface area contributed by atoms with Gasteiger partial charge >= 0.3 is 5.97 Å². The molecule has 0 radical (unpaired) electrons. The molecule has 0 fully saturated rings. The third kappa shape index (κ3) is 3.83. The van der Waals surface area contributed by atoms with E-state index in [-0.39, 0.29) is 5.91 Å². The van der Waals surface area contributed by atoms with Crippen LogP contribution in [0.25, 0.3) is 10.1 Å². The van der Waals surface area contributed by atoms with E-state index < -0.39 is 12.0 Å². The van der Waals surface area contributed by atoms with Gasteiger partial charge in [0.2, 0.25) is 0 Å². The van der Waals surface area contributed by atoms with Crippen molar-refractivity contribution < 1.29 is 14.3 Å². The van der Waals surface area contributed by atoms with E-state index in [2.05, 4.69) is 5.32 Å². The molecule has 0 aliphatic heterocycles. The van der Waals surface area contributed by atoms with Crippen LogP contribution in [0.3, 0.4) is 0 Å². The highest BCUT2D eigenvalue weighted by atomic mass is 35.5. The number of hydrogen-bond acceptors (Lipinski definition) is 4. The zero-order valence-electron chi connectivity index (χ0n) is 13.5. The molecule has 0 saturated heterocycles. The van der Waals surface area contributed by atoms with E-state index in [4.69, 9.17) is 16.3 Å². The molecule has 0 bridgehead atoms. The van der Waals surface area contributed by atoms with Crippen molar-refractivity contribution in [1.29, 1.82) is 0 Å². The minimum absolute atomic E-state index is 0.349. The predicted octanol–water partition coefficient (Wildman–Crippen LogP) is 4.07. The van der Waals surface area contributed by atoms with Crippen molar-refractivity contribution >= 4 is 44.9 Å². The van der Waals surface area contributed by atoms with Gasteiger partial charge in [-0.2, -0.15) is 0 Å². The molecule has 1 heterocycles. The van der Waals surface area contributed by atoms with Gasteiger partial charge < -0.3 is 10.1 Å². The third-order valence-electron chi connectivity index (χ3n) is 3.81. The lowest BCUT2D eigenvalue weighted by Crippen LogP contribution is -2.42. The molecule has 1 atom stereocenters. The smallest absolute Gasteiger partial charge is 0.328 e. The van der Waals surface area contributed by atoms with Gasteiger partial charge in [-0.1, -0.05) is 60.1 Å². The number of carbonyl (C=O) groups is 2. The Kier molecular flexibility index (Phi) is 5.36. The highest BCUT2D eigenvalue weighted by Gasteiger charge is 2.25. The Morgan fingerprint density at radius 1 is 1.12 bits per heavy atom. The molecular weight excluding hydrogens is 358 g/mol. The Morgan fingerprint density at radius 3 is 2.48 bits per heavy atom. The summed E-state index contributed by atoms with van der Waals surface area (Å²) < 4.78 is 5.75. The van der Waals surface area contributed by atoms with Crippen molar-refractivity contribution in [3.8, 4) is 0 Å². The Balaban J connectivity index is 1.84. The summed E-state index contributed by atoms with van der Waals surface area (Å²) in [7, 11) is 1.30. The number of hydrogen-bond donors (Lipinski definition) is 1. The maximum atomic E-state index is 12.7. The van der Waals surface area contributed by atoms with E-state index in [1.807, 2.05) is 54.6 Å². The fourth-order valence-corrected chi connectivity index (χ4v) is 3.99. The molecule has 6 heteroatoms. The summed E-state index contributed by atoms with van der Waals surface area (Å²) in [6.45, 7) is 0. The van der Waals surface area contributed by atoms with Crippen molar-refractivity contribution in [2.75, 3.05) is 7.11 Å². The number of fused-ring (bicyclic) bond motifs is 1. The first kappa shape index (κ1) is 17.5. The van der Waals surface area contributed by atoms with E-state index in [9.17, 15) is 9.59 Å². The second-order valence-electron chi connectivity index (χ2n) is 5.48. The number of ether oxygens (including phenoxy) is 1. The molecular formula is C19H16ClNO3S. The van der Waals surface area contributed by atoms with Crippen LogP contribution in [-0.4, -0.2) is 25.0 Å². The van der Waals surface area contributed by atoms with Crippen LogP contribution in [0.5, 0.6) is 0 Å². The van der Waals surface area contributed by atoms with E-state index in [1.54, 1.807) is 0 Å². The number of amides is 1. The zero-order valence-corrected chi connectivity index (χ0v) is 15.1. The maximum Gasteiger partial charge on any atom is 0.328 e. The van der Waals surface area contributed by atoms with Crippen molar-refractivity contribution in [1.82, 2.24) is 5.32 Å². The number of rotatable bonds is 5. The second kappa shape index (κ2) is 7.68. The van der Waals surface area contributed by atoms with E-state index in [0.717, 1.165) is 15.6 Å². The van der Waals surface area contributed by atoms with Gasteiger partial charge in [-0.15, -0.1) is 11.3 Å². The minimum atomic E-state index is -0.777. The molecule has 1 N–H and O–H groups in total. The molecule has 0 spiro atoms. The Labute approximate surface area is 154 Å². The first-order chi connectivity index (χ1) is 12.1. The molecule has 25 heavy (non-hydrogen) atoms. The predicted molar refractivity (Wildman–Crippen MR) is 100 cm³/mol. The number of methoxy groups -OCH3 is 1. The number of nitrogens with one attached hydrogen (secondary N) is 1. The lowest BCUT2D eigenvalue weighted by molar-refractivity contribution is -0.142. The van der Waals surface area contributed by atoms with Gasteiger partial charge in [0.25, 0.3) is 5.91 Å². The Bertz CT molecular complexity index is 907. The first-order valence-electron chi connectivity index (χ1n) is 7.70. The van der Waals surface area contributed by atoms with Crippen molar-refractivity contribution in [3.05, 3.63) is 70.1 Å². The van der Waals surface area contributed by atoms with E-state index >= 15 is 0 Å². The first-order valence-corrected chi connectivity index (χ1v) is 8.89. The van der Waals surface area contributed by atoms with Crippen LogP contribution in [-0.2, 0) is 16.0 Å². The Morgan fingerprint density at radius 2 is 1.80 bits per heavy atom. The second-order valence-corrected chi connectivity index (χ2v) is 6.91. The SMILES string of the molecule is COC(=O)[C@@H](Cc1ccccc1)NC(=O)c1sc2ccccc2c1Cl. The van der Waals surface area contributed by atoms with Crippen LogP contribution < -0.4 is 5.32 Å². The monoisotopic (exact) mass is 373 g/mol. The summed E-state index contributed by atoms with van der Waals surface area (Å²) in [5.41, 5.74) is 0.931. The molecule has 3 aromatic rings. The van der Waals surface area contributed by atoms with Gasteiger partial charge in [0.05, 0.1) is 12.1 Å². The largest absolute Gasteiger partial charge is 0.467 e. The lowest BCUT2D eigenvalue weighted by atomic mass is 10.1. The van der Waals surface area contributed by atoms with Crippen LogP contribution in [0.15, 0.2) is 54.6 Å². The molecule has 0 aliphatic rings. The number of carbonyl (C=O) groups excluding carboxylic acids is 2. The van der Waals surface area contributed by atoms with Crippen LogP contribution >= 0.6 is 22.9 Å². The quantitative estimate of drug-likeness (QED) is 0.686. The van der Waals surface area contributed by atoms with Gasteiger partial charge in [-0.05, 0) is 11.6 Å². The van der Waals surface area contributed by atoms with Gasteiger partial charge in [0.1, 0.15) is 10.9 Å². The number of thiophene rings is 1. The standard InChI is InChI=1S/C19H16ClNO3S/c1-24-19(23)14(11-12-7-3-2-4-8-12)21-18(22)17-16(20)13-9-5-6-10-15(13)25-17/h2-10,14H,11H2,1H3,(H,21,22)/t14-/m1/s1. The van der Waals surface area contributed by atoms with Gasteiger partial charge in [-0.25, -0.2) is 4.79 Å². The van der Waals surface area contributed by atoms with Gasteiger partial charge in [0, 0.05) is 16.5 Å². The summed E-state index contributed by atoms with van der Waals surface area (Å²) in [5, 5.41) is 3.98. The molecule has 4 nitrogen and oxygen atoms in total. The molecule has 128 valence electrons. The molecule has 0 aliphatic carbocycles. The normalized spacial score (nSPS) is 11.9. The molecule has 0 saturated carbocycles. The van der Waals surface area contributed by atoms with Crippen molar-refractivity contribution in [3.63, 3.8) is 0 Å². The third-order valence-corrected chi connectivity index (χ3v) is 5.49. The molecule has 1 amide bonds. The summed E-state index contributed by atoms with van der Waals surface area (Å²) in [5.74, 6) is -0.869. The van der Waals surface area contributed by atoms with Crippen LogP contribution in [0.4, 0.5) is 0 Å². The summed E-state index contributed by atoms with van der Waals surface area (Å²) >= 11 is 7.65. The number of halogens is 1. The zero-order chi connectivity index (χ0) is 17.8. The topological polar surface area (TPSA) is 55.4 Å². The van der Waals surface area contributed by atoms with Crippen LogP contribution in [0, 0.1) is 0 Å². The van der Waals surface area contributed by atoms with E-state index in [1.165, 1.54) is 18.4 Å². The Hall–Kier alpha value is -2.37. The highest BCUT2D eigenvalue weighted by Crippen LogP contribution is 2.35. The molecule has 1 aromatic heterocycles. The molecule has 0 unspecified atom stereocenters. The number of benzene rings is 2. The van der Waals surface area contributed by atoms with Crippen LogP contribution in [0.1, 0.15) is 15.2 Å². The van der Waals surface area contributed by atoms with Gasteiger partial charge in [0.15, 0.2) is 0 Å². The minimum Gasteiger partial charge on any atom is -0.467 e. The number of esters is 1. The van der Waals surface area contributed by atoms with Crippen molar-refractivity contribution in [2.45, 2.75) is 12.5 Å². The van der Waals surface area contributed by atoms with E-state index in [0.29, 0.717) is 16.3 Å². The molecule has 3 rings (SSSR count). The molecule has 2 aromatic carbocycles. The average Bonchev–Trinajstić information content (AvgIpc) is 2.98. The average molecular weight is 374 g/mol. The summed E-state index contributed by atoms with van der Waals surface area (Å²) in [6.07, 6.45) is 0.349. The van der Waals surface area contributed by atoms with Gasteiger partial charge in [-0.3, -0.25) is 4.79 Å². The van der Waals surface area contributed by atoms with Crippen molar-refractivity contribution in [2.24, 2.45) is 0 Å². The summed E-state index contributed by atoms with van der Waals surface area (Å²) in [6, 6.07) is 16.2. The maximum absolute atomic E-state index is 12.7. The summed E-state index contributed by atoms with van der Waals surface area (Å²) in [4.78, 5) is 25.1.